The minimum absolute atomic E-state index is 0.716. The van der Waals surface area contributed by atoms with Gasteiger partial charge in [-0.3, -0.25) is 0 Å². The molecule has 0 radical (unpaired) electrons. The van der Waals surface area contributed by atoms with Gasteiger partial charge in [0.05, 0.1) is 0 Å². The van der Waals surface area contributed by atoms with Crippen molar-refractivity contribution in [2.24, 2.45) is 11.8 Å². The van der Waals surface area contributed by atoms with Gasteiger partial charge >= 0.3 is 213 Å². The zero-order chi connectivity index (χ0) is 23.5. The summed E-state index contributed by atoms with van der Waals surface area (Å²) in [6.07, 6.45) is 24.9. The Hall–Kier alpha value is -0.530. The molecule has 2 saturated carbocycles. The molecule has 2 fully saturated rings. The summed E-state index contributed by atoms with van der Waals surface area (Å²) in [6, 6.07) is 9.59. The van der Waals surface area contributed by atoms with E-state index in [2.05, 4.69) is 73.8 Å². The first-order valence-corrected chi connectivity index (χ1v) is 20.3. The van der Waals surface area contributed by atoms with Crippen LogP contribution in [0.4, 0.5) is 0 Å². The molecule has 184 valence electrons. The number of aryl methyl sites for hydroxylation is 1. The van der Waals surface area contributed by atoms with Crippen LogP contribution in [-0.2, 0) is 6.42 Å². The minimum atomic E-state index is -2.11. The summed E-state index contributed by atoms with van der Waals surface area (Å²) in [5.74, 6) is 7.68. The van der Waals surface area contributed by atoms with E-state index in [4.69, 9.17) is 0 Å². The van der Waals surface area contributed by atoms with Crippen molar-refractivity contribution in [1.29, 1.82) is 0 Å². The second kappa shape index (κ2) is 10.8. The molecular weight excluding hydrogens is 465 g/mol. The van der Waals surface area contributed by atoms with Crippen LogP contribution in [0.2, 0.25) is 0 Å². The van der Waals surface area contributed by atoms with Gasteiger partial charge in [-0.1, -0.05) is 0 Å². The van der Waals surface area contributed by atoms with Gasteiger partial charge in [-0.2, -0.15) is 0 Å². The summed E-state index contributed by atoms with van der Waals surface area (Å²) in [6.45, 7) is 5.23. The Morgan fingerprint density at radius 3 is 2.32 bits per heavy atom. The van der Waals surface area contributed by atoms with Gasteiger partial charge < -0.3 is 0 Å². The van der Waals surface area contributed by atoms with E-state index in [1.54, 1.807) is 26.6 Å². The van der Waals surface area contributed by atoms with Gasteiger partial charge in [-0.25, -0.2) is 0 Å². The second-order valence-electron chi connectivity index (χ2n) is 11.8. The maximum atomic E-state index is 2.90. The van der Waals surface area contributed by atoms with E-state index in [-0.39, 0.29) is 0 Å². The molecule has 0 saturated heterocycles. The van der Waals surface area contributed by atoms with Gasteiger partial charge in [-0.05, 0) is 0 Å². The number of benzene rings is 1. The van der Waals surface area contributed by atoms with Crippen molar-refractivity contribution in [3.8, 4) is 0 Å². The molecular formula is C31H45P3. The van der Waals surface area contributed by atoms with E-state index in [1.165, 1.54) is 77.0 Å². The molecule has 1 heterocycles. The average Bonchev–Trinajstić information content (AvgIpc) is 3.46. The van der Waals surface area contributed by atoms with E-state index in [1.807, 2.05) is 0 Å². The number of rotatable bonds is 5. The van der Waals surface area contributed by atoms with Gasteiger partial charge in [-0.15, -0.1) is 0 Å². The molecule has 1 aliphatic heterocycles. The number of fused-ring (bicyclic) bond motifs is 1. The molecule has 1 aromatic rings. The molecule has 0 bridgehead atoms. The van der Waals surface area contributed by atoms with Crippen LogP contribution in [-0.4, -0.2) is 18.0 Å². The quantitative estimate of drug-likeness (QED) is 0.346. The number of allylic oxidation sites excluding steroid dienone is 4. The van der Waals surface area contributed by atoms with Gasteiger partial charge in [0.2, 0.25) is 0 Å². The standard InChI is InChI=1S/C31H45P3/c1-3-15-25-16-11-13-20-28(25)30-24-26-17-12-14-21-29(26)31(30)34(2,23-22-32-33-34)27-18-9-7-5-4-6-8-10-19-27/h11-14,16-17,20-23,26-27,29-31H,3-10,15,18-19,24H2,1-2H3. The Labute approximate surface area is 212 Å². The Balaban J connectivity index is 1.61. The van der Waals surface area contributed by atoms with Gasteiger partial charge in [0.15, 0.2) is 0 Å². The van der Waals surface area contributed by atoms with E-state index < -0.39 is 6.29 Å². The van der Waals surface area contributed by atoms with Crippen molar-refractivity contribution in [1.82, 2.24) is 0 Å². The molecule has 0 aromatic heterocycles. The molecule has 3 aliphatic carbocycles. The average molecular weight is 511 g/mol. The fourth-order valence-corrected chi connectivity index (χ4v) is 26.1. The van der Waals surface area contributed by atoms with Crippen LogP contribution in [0.5, 0.6) is 0 Å². The molecule has 4 unspecified atom stereocenters. The van der Waals surface area contributed by atoms with Crippen LogP contribution in [0.3, 0.4) is 0 Å². The Kier molecular flexibility index (Phi) is 8.01. The summed E-state index contributed by atoms with van der Waals surface area (Å²) in [7, 11) is 3.37. The van der Waals surface area contributed by atoms with Crippen molar-refractivity contribution >= 4 is 21.7 Å². The first kappa shape index (κ1) is 25.1. The first-order valence-electron chi connectivity index (χ1n) is 14.2. The van der Waals surface area contributed by atoms with E-state index >= 15 is 0 Å². The molecule has 0 nitrogen and oxygen atoms in total. The first-order chi connectivity index (χ1) is 16.6. The van der Waals surface area contributed by atoms with Crippen LogP contribution in [0.25, 0.3) is 0 Å². The molecule has 34 heavy (non-hydrogen) atoms. The monoisotopic (exact) mass is 510 g/mol. The van der Waals surface area contributed by atoms with Crippen LogP contribution < -0.4 is 0 Å². The summed E-state index contributed by atoms with van der Waals surface area (Å²) >= 11 is 0. The third-order valence-electron chi connectivity index (χ3n) is 9.72. The molecule has 1 aromatic carbocycles. The topological polar surface area (TPSA) is 0 Å². The molecule has 0 amide bonds. The predicted molar refractivity (Wildman–Crippen MR) is 158 cm³/mol. The van der Waals surface area contributed by atoms with E-state index in [0.717, 1.165) is 23.2 Å². The number of hydrogen-bond acceptors (Lipinski definition) is 0. The summed E-state index contributed by atoms with van der Waals surface area (Å²) in [4.78, 5) is 0. The molecule has 0 spiro atoms. The SMILES string of the molecule is CCCc1ccccc1C1CC2C=CC=CC2C1P1(C)(C2CCCCCCCCC2)C=CP=P1. The van der Waals surface area contributed by atoms with Crippen LogP contribution >= 0.6 is 21.7 Å². The fraction of sp³-hybridized carbons (Fsp3) is 0.613. The van der Waals surface area contributed by atoms with E-state index in [9.17, 15) is 0 Å². The Bertz CT molecular complexity index is 949. The van der Waals surface area contributed by atoms with Crippen molar-refractivity contribution < 1.29 is 0 Å². The second-order valence-corrected chi connectivity index (χ2v) is 23.8. The third kappa shape index (κ3) is 4.63. The molecule has 0 N–H and O–H groups in total. The predicted octanol–water partition coefficient (Wildman–Crippen LogP) is 11.1. The molecule has 4 aliphatic rings. The summed E-state index contributed by atoms with van der Waals surface area (Å²) < 4.78 is 0. The van der Waals surface area contributed by atoms with E-state index in [0.29, 0.717) is 5.92 Å². The van der Waals surface area contributed by atoms with Gasteiger partial charge in [0.25, 0.3) is 0 Å². The molecule has 3 heteroatoms. The van der Waals surface area contributed by atoms with Crippen LogP contribution in [0.15, 0.2) is 60.2 Å². The van der Waals surface area contributed by atoms with Crippen LogP contribution in [0, 0.1) is 11.8 Å². The normalized spacial score (nSPS) is 34.8. The number of hydrogen-bond donors (Lipinski definition) is 0. The van der Waals surface area contributed by atoms with Crippen molar-refractivity contribution in [2.45, 2.75) is 101 Å². The van der Waals surface area contributed by atoms with Gasteiger partial charge in [0.1, 0.15) is 0 Å². The van der Waals surface area contributed by atoms with Gasteiger partial charge in [0, 0.05) is 0 Å². The maximum absolute atomic E-state index is 2.90. The van der Waals surface area contributed by atoms with Crippen molar-refractivity contribution in [2.75, 3.05) is 6.66 Å². The van der Waals surface area contributed by atoms with Crippen molar-refractivity contribution in [3.63, 3.8) is 0 Å². The zero-order valence-corrected chi connectivity index (χ0v) is 24.2. The van der Waals surface area contributed by atoms with Crippen molar-refractivity contribution in [3.05, 3.63) is 71.3 Å². The summed E-state index contributed by atoms with van der Waals surface area (Å²) in [5.41, 5.74) is 5.10. The fourth-order valence-electron chi connectivity index (χ4n) is 8.06. The molecule has 5 rings (SSSR count). The summed E-state index contributed by atoms with van der Waals surface area (Å²) in [5, 5.41) is 0. The Morgan fingerprint density at radius 2 is 1.62 bits per heavy atom. The third-order valence-corrected chi connectivity index (χ3v) is 26.1. The zero-order valence-electron chi connectivity index (χ0n) is 21.5. The molecule has 4 atom stereocenters. The Morgan fingerprint density at radius 1 is 0.912 bits per heavy atom. The van der Waals surface area contributed by atoms with Crippen LogP contribution in [0.1, 0.15) is 94.6 Å².